The van der Waals surface area contributed by atoms with Gasteiger partial charge in [0.25, 0.3) is 0 Å². The van der Waals surface area contributed by atoms with Crippen molar-refractivity contribution >= 4 is 21.9 Å². The largest absolute Gasteiger partial charge is 0.478 e. The highest BCUT2D eigenvalue weighted by Crippen LogP contribution is 2.33. The number of hydrogen-bond acceptors (Lipinski definition) is 3. The van der Waals surface area contributed by atoms with Gasteiger partial charge >= 0.3 is 5.97 Å². The topological polar surface area (TPSA) is 70.3 Å². The van der Waals surface area contributed by atoms with Crippen molar-refractivity contribution in [2.75, 3.05) is 0 Å². The summed E-state index contributed by atoms with van der Waals surface area (Å²) >= 11 is 2.97. The Kier molecular flexibility index (Phi) is 4.24. The highest BCUT2D eigenvalue weighted by Gasteiger charge is 2.17. The van der Waals surface area contributed by atoms with E-state index in [2.05, 4.69) is 15.9 Å². The Balaban J connectivity index is 2.49. The minimum absolute atomic E-state index is 0.0213. The van der Waals surface area contributed by atoms with Crippen LogP contribution in [0.15, 0.2) is 34.8 Å². The molecule has 2 rings (SSSR count). The number of benzene rings is 2. The van der Waals surface area contributed by atoms with Crippen LogP contribution < -0.4 is 4.74 Å². The molecule has 0 aliphatic rings. The quantitative estimate of drug-likeness (QED) is 0.898. The van der Waals surface area contributed by atoms with Crippen LogP contribution in [0, 0.1) is 24.1 Å². The van der Waals surface area contributed by atoms with Crippen molar-refractivity contribution in [3.8, 4) is 17.6 Å². The summed E-state index contributed by atoms with van der Waals surface area (Å²) in [6, 6.07) is 9.03. The minimum atomic E-state index is -1.17. The Bertz CT molecular complexity index is 768. The first-order valence-electron chi connectivity index (χ1n) is 5.84. The SMILES string of the molecule is Cc1ccc(C(=O)O)c(Oc2ccc(C#N)c(Br)c2F)c1. The van der Waals surface area contributed by atoms with E-state index in [4.69, 9.17) is 15.1 Å². The molecule has 4 nitrogen and oxygen atoms in total. The fourth-order valence-electron chi connectivity index (χ4n) is 1.71. The summed E-state index contributed by atoms with van der Waals surface area (Å²) < 4.78 is 19.4. The van der Waals surface area contributed by atoms with Gasteiger partial charge in [-0.15, -0.1) is 0 Å². The molecule has 0 saturated carbocycles. The van der Waals surface area contributed by atoms with Gasteiger partial charge in [-0.2, -0.15) is 5.26 Å². The Hall–Kier alpha value is -2.39. The fourth-order valence-corrected chi connectivity index (χ4v) is 2.12. The Labute approximate surface area is 128 Å². The standard InChI is InChI=1S/C15H9BrFNO3/c1-8-2-4-10(15(19)20)12(6-8)21-11-5-3-9(7-18)13(16)14(11)17/h2-6H,1H3,(H,19,20). The summed E-state index contributed by atoms with van der Waals surface area (Å²) in [5, 5.41) is 17.9. The zero-order valence-electron chi connectivity index (χ0n) is 10.9. The Morgan fingerprint density at radius 2 is 2.05 bits per heavy atom. The first-order chi connectivity index (χ1) is 9.93. The number of halogens is 2. The third-order valence-electron chi connectivity index (χ3n) is 2.75. The normalized spacial score (nSPS) is 10.0. The number of nitrogens with zero attached hydrogens (tertiary/aromatic N) is 1. The van der Waals surface area contributed by atoms with E-state index in [1.165, 1.54) is 24.3 Å². The number of hydrogen-bond donors (Lipinski definition) is 1. The van der Waals surface area contributed by atoms with Gasteiger partial charge in [-0.1, -0.05) is 6.07 Å². The first kappa shape index (κ1) is 15.0. The van der Waals surface area contributed by atoms with Crippen molar-refractivity contribution in [3.63, 3.8) is 0 Å². The number of carboxylic acids is 1. The second kappa shape index (κ2) is 5.94. The van der Waals surface area contributed by atoms with Crippen LogP contribution in [0.3, 0.4) is 0 Å². The third-order valence-corrected chi connectivity index (χ3v) is 3.53. The minimum Gasteiger partial charge on any atom is -0.478 e. The van der Waals surface area contributed by atoms with Crippen molar-refractivity contribution in [2.45, 2.75) is 6.92 Å². The molecule has 21 heavy (non-hydrogen) atoms. The van der Waals surface area contributed by atoms with Crippen molar-refractivity contribution in [1.29, 1.82) is 5.26 Å². The molecule has 0 saturated heterocycles. The lowest BCUT2D eigenvalue weighted by atomic mass is 10.1. The van der Waals surface area contributed by atoms with Gasteiger partial charge in [0.2, 0.25) is 0 Å². The van der Waals surface area contributed by atoms with Crippen LogP contribution in [0.5, 0.6) is 11.5 Å². The summed E-state index contributed by atoms with van der Waals surface area (Å²) in [5.74, 6) is -2.04. The predicted octanol–water partition coefficient (Wildman–Crippen LogP) is 4.26. The van der Waals surface area contributed by atoms with Gasteiger partial charge in [0, 0.05) is 0 Å². The molecule has 0 unspecified atom stereocenters. The molecule has 0 radical (unpaired) electrons. The summed E-state index contributed by atoms with van der Waals surface area (Å²) in [4.78, 5) is 11.1. The maximum absolute atomic E-state index is 14.1. The number of carbonyl (C=O) groups is 1. The van der Waals surface area contributed by atoms with E-state index in [0.717, 1.165) is 5.56 Å². The van der Waals surface area contributed by atoms with Crippen molar-refractivity contribution in [2.24, 2.45) is 0 Å². The second-order valence-electron chi connectivity index (χ2n) is 4.26. The number of nitriles is 1. The molecule has 0 atom stereocenters. The van der Waals surface area contributed by atoms with Crippen LogP contribution in [0.25, 0.3) is 0 Å². The second-order valence-corrected chi connectivity index (χ2v) is 5.05. The van der Waals surface area contributed by atoms with Crippen molar-refractivity contribution < 1.29 is 19.0 Å². The number of aromatic carboxylic acids is 1. The number of aryl methyl sites for hydroxylation is 1. The highest BCUT2D eigenvalue weighted by molar-refractivity contribution is 9.10. The summed E-state index contributed by atoms with van der Waals surface area (Å²) in [7, 11) is 0. The highest BCUT2D eigenvalue weighted by atomic mass is 79.9. The van der Waals surface area contributed by atoms with Gasteiger partial charge in [-0.3, -0.25) is 0 Å². The van der Waals surface area contributed by atoms with E-state index >= 15 is 0 Å². The van der Waals surface area contributed by atoms with Crippen LogP contribution in [-0.2, 0) is 0 Å². The van der Waals surface area contributed by atoms with Gasteiger partial charge in [-0.05, 0) is 52.7 Å². The molecule has 2 aromatic carbocycles. The molecule has 2 aromatic rings. The van der Waals surface area contributed by atoms with Crippen LogP contribution >= 0.6 is 15.9 Å². The zero-order chi connectivity index (χ0) is 15.6. The lowest BCUT2D eigenvalue weighted by molar-refractivity contribution is 0.0694. The average Bonchev–Trinajstić information content (AvgIpc) is 2.44. The van der Waals surface area contributed by atoms with Crippen LogP contribution in [0.4, 0.5) is 4.39 Å². The van der Waals surface area contributed by atoms with Gasteiger partial charge in [-0.25, -0.2) is 9.18 Å². The molecule has 6 heteroatoms. The average molecular weight is 350 g/mol. The van der Waals surface area contributed by atoms with Crippen LogP contribution in [0.1, 0.15) is 21.5 Å². The molecule has 0 aliphatic heterocycles. The van der Waals surface area contributed by atoms with Gasteiger partial charge < -0.3 is 9.84 Å². The molecule has 0 aromatic heterocycles. The molecule has 1 N–H and O–H groups in total. The monoisotopic (exact) mass is 349 g/mol. The van der Waals surface area contributed by atoms with Gasteiger partial charge in [0.1, 0.15) is 17.4 Å². The summed E-state index contributed by atoms with van der Waals surface area (Å²) in [6.07, 6.45) is 0. The lowest BCUT2D eigenvalue weighted by Crippen LogP contribution is -2.01. The smallest absolute Gasteiger partial charge is 0.339 e. The summed E-state index contributed by atoms with van der Waals surface area (Å²) in [6.45, 7) is 1.77. The zero-order valence-corrected chi connectivity index (χ0v) is 12.4. The molecule has 0 bridgehead atoms. The van der Waals surface area contributed by atoms with E-state index in [-0.39, 0.29) is 27.1 Å². The predicted molar refractivity (Wildman–Crippen MR) is 77.0 cm³/mol. The van der Waals surface area contributed by atoms with Crippen molar-refractivity contribution in [1.82, 2.24) is 0 Å². The first-order valence-corrected chi connectivity index (χ1v) is 6.63. The molecular weight excluding hydrogens is 341 g/mol. The van der Waals surface area contributed by atoms with Crippen molar-refractivity contribution in [3.05, 3.63) is 57.3 Å². The molecule has 0 amide bonds. The summed E-state index contributed by atoms with van der Waals surface area (Å²) in [5.41, 5.74) is 0.839. The van der Waals surface area contributed by atoms with Gasteiger partial charge in [0.15, 0.2) is 11.6 Å². The van der Waals surface area contributed by atoms with Gasteiger partial charge in [0.05, 0.1) is 10.0 Å². The van der Waals surface area contributed by atoms with E-state index in [9.17, 15) is 9.18 Å². The Morgan fingerprint density at radius 1 is 1.33 bits per heavy atom. The number of ether oxygens (including phenoxy) is 1. The molecule has 0 heterocycles. The molecule has 0 spiro atoms. The lowest BCUT2D eigenvalue weighted by Gasteiger charge is -2.11. The van der Waals surface area contributed by atoms with E-state index in [1.807, 2.05) is 6.07 Å². The number of rotatable bonds is 3. The van der Waals surface area contributed by atoms with E-state index in [1.54, 1.807) is 13.0 Å². The Morgan fingerprint density at radius 3 is 2.67 bits per heavy atom. The molecule has 0 fully saturated rings. The third kappa shape index (κ3) is 3.03. The molecule has 0 aliphatic carbocycles. The van der Waals surface area contributed by atoms with Crippen LogP contribution in [0.2, 0.25) is 0 Å². The fraction of sp³-hybridized carbons (Fsp3) is 0.0667. The van der Waals surface area contributed by atoms with E-state index in [0.29, 0.717) is 0 Å². The molecule has 106 valence electrons. The maximum atomic E-state index is 14.1. The molecular formula is C15H9BrFNO3. The maximum Gasteiger partial charge on any atom is 0.339 e. The van der Waals surface area contributed by atoms with E-state index < -0.39 is 11.8 Å². The number of carboxylic acid groups (broad SMARTS) is 1. The van der Waals surface area contributed by atoms with Crippen LogP contribution in [-0.4, -0.2) is 11.1 Å².